The lowest BCUT2D eigenvalue weighted by Crippen LogP contribution is -2.20. The van der Waals surface area contributed by atoms with Crippen molar-refractivity contribution in [2.45, 2.75) is 38.2 Å². The molecule has 0 radical (unpaired) electrons. The summed E-state index contributed by atoms with van der Waals surface area (Å²) in [5, 5.41) is 0. The lowest BCUT2D eigenvalue weighted by Gasteiger charge is -2.23. The van der Waals surface area contributed by atoms with Crippen molar-refractivity contribution in [1.82, 2.24) is 0 Å². The van der Waals surface area contributed by atoms with Crippen LogP contribution in [0.25, 0.3) is 0 Å². The largest absolute Gasteiger partial charge is 0.487 e. The zero-order valence-corrected chi connectivity index (χ0v) is 9.93. The summed E-state index contributed by atoms with van der Waals surface area (Å²) in [5.41, 5.74) is 5.90. The highest BCUT2D eigenvalue weighted by Gasteiger charge is 2.16. The van der Waals surface area contributed by atoms with Crippen molar-refractivity contribution in [3.8, 4) is 5.75 Å². The van der Waals surface area contributed by atoms with Crippen LogP contribution < -0.4 is 10.5 Å². The third-order valence-electron chi connectivity index (χ3n) is 2.80. The summed E-state index contributed by atoms with van der Waals surface area (Å²) in [7, 11) is 0. The van der Waals surface area contributed by atoms with Crippen LogP contribution in [0.5, 0.6) is 5.75 Å². The molecule has 90 valence electrons. The molecular weight excluding hydrogens is 229 g/mol. The number of rotatable bonds is 2. The second-order valence-electron chi connectivity index (χ2n) is 4.07. The molecule has 0 amide bonds. The zero-order chi connectivity index (χ0) is 10.7. The van der Waals surface area contributed by atoms with Gasteiger partial charge in [0.25, 0.3) is 0 Å². The van der Waals surface area contributed by atoms with E-state index in [9.17, 15) is 4.39 Å². The van der Waals surface area contributed by atoms with Gasteiger partial charge in [-0.25, -0.2) is 4.39 Å². The van der Waals surface area contributed by atoms with Gasteiger partial charge in [0.2, 0.25) is 0 Å². The van der Waals surface area contributed by atoms with Crippen LogP contribution >= 0.6 is 12.4 Å². The SMILES string of the molecule is Cl.Nc1ccc(OC2CCCCC2)c(F)c1. The Bertz CT molecular complexity index is 340. The fraction of sp³-hybridized carbons (Fsp3) is 0.500. The second-order valence-corrected chi connectivity index (χ2v) is 4.07. The number of nitrogens with two attached hydrogens (primary N) is 1. The molecular formula is C12H17ClFNO. The van der Waals surface area contributed by atoms with E-state index in [1.807, 2.05) is 0 Å². The fourth-order valence-electron chi connectivity index (χ4n) is 1.98. The summed E-state index contributed by atoms with van der Waals surface area (Å²) in [5.74, 6) is -0.0309. The van der Waals surface area contributed by atoms with E-state index in [1.54, 1.807) is 12.1 Å². The van der Waals surface area contributed by atoms with Gasteiger partial charge in [-0.3, -0.25) is 0 Å². The summed E-state index contributed by atoms with van der Waals surface area (Å²) in [6, 6.07) is 4.58. The zero-order valence-electron chi connectivity index (χ0n) is 9.12. The number of halogens is 2. The van der Waals surface area contributed by atoms with E-state index >= 15 is 0 Å². The number of nitrogen functional groups attached to an aromatic ring is 1. The van der Waals surface area contributed by atoms with Gasteiger partial charge in [-0.1, -0.05) is 6.42 Å². The molecule has 0 aliphatic heterocycles. The van der Waals surface area contributed by atoms with Crippen LogP contribution in [0, 0.1) is 5.82 Å². The van der Waals surface area contributed by atoms with Crippen LogP contribution in [0.3, 0.4) is 0 Å². The van der Waals surface area contributed by atoms with Crippen molar-refractivity contribution in [3.05, 3.63) is 24.0 Å². The average molecular weight is 246 g/mol. The molecule has 2 rings (SSSR count). The monoisotopic (exact) mass is 245 g/mol. The molecule has 0 bridgehead atoms. The predicted octanol–water partition coefficient (Wildman–Crippen LogP) is 3.54. The van der Waals surface area contributed by atoms with Crippen LogP contribution in [0.1, 0.15) is 32.1 Å². The van der Waals surface area contributed by atoms with Gasteiger partial charge in [-0.05, 0) is 37.8 Å². The summed E-state index contributed by atoms with van der Waals surface area (Å²) in [4.78, 5) is 0. The van der Waals surface area contributed by atoms with E-state index in [2.05, 4.69) is 0 Å². The van der Waals surface area contributed by atoms with Gasteiger partial charge in [0.05, 0.1) is 6.10 Å². The first-order chi connectivity index (χ1) is 7.25. The van der Waals surface area contributed by atoms with Gasteiger partial charge in [-0.2, -0.15) is 0 Å². The quantitative estimate of drug-likeness (QED) is 0.809. The van der Waals surface area contributed by atoms with Crippen molar-refractivity contribution < 1.29 is 9.13 Å². The second kappa shape index (κ2) is 5.94. The van der Waals surface area contributed by atoms with Crippen LogP contribution in [0.4, 0.5) is 10.1 Å². The summed E-state index contributed by atoms with van der Waals surface area (Å²) in [6.07, 6.45) is 5.87. The van der Waals surface area contributed by atoms with E-state index in [-0.39, 0.29) is 24.3 Å². The van der Waals surface area contributed by atoms with Crippen molar-refractivity contribution in [1.29, 1.82) is 0 Å². The molecule has 4 heteroatoms. The van der Waals surface area contributed by atoms with E-state index in [0.29, 0.717) is 11.4 Å². The summed E-state index contributed by atoms with van der Waals surface area (Å²) >= 11 is 0. The molecule has 1 fully saturated rings. The van der Waals surface area contributed by atoms with Gasteiger partial charge in [0.15, 0.2) is 11.6 Å². The summed E-state index contributed by atoms with van der Waals surface area (Å²) in [6.45, 7) is 0. The highest BCUT2D eigenvalue weighted by molar-refractivity contribution is 5.85. The maximum Gasteiger partial charge on any atom is 0.167 e. The molecule has 1 saturated carbocycles. The Balaban J connectivity index is 0.00000128. The van der Waals surface area contributed by atoms with Gasteiger partial charge < -0.3 is 10.5 Å². The molecule has 0 unspecified atom stereocenters. The topological polar surface area (TPSA) is 35.2 Å². The highest BCUT2D eigenvalue weighted by atomic mass is 35.5. The van der Waals surface area contributed by atoms with Crippen molar-refractivity contribution in [2.24, 2.45) is 0 Å². The minimum atomic E-state index is -0.361. The summed E-state index contributed by atoms with van der Waals surface area (Å²) < 4.78 is 19.0. The minimum absolute atomic E-state index is 0. The van der Waals surface area contributed by atoms with E-state index in [0.717, 1.165) is 12.8 Å². The van der Waals surface area contributed by atoms with Gasteiger partial charge in [0, 0.05) is 11.8 Å². The number of hydrogen-bond acceptors (Lipinski definition) is 2. The molecule has 1 aliphatic rings. The standard InChI is InChI=1S/C12H16FNO.ClH/c13-11-8-9(14)6-7-12(11)15-10-4-2-1-3-5-10;/h6-8,10H,1-5,14H2;1H. The van der Waals surface area contributed by atoms with E-state index in [1.165, 1.54) is 25.3 Å². The van der Waals surface area contributed by atoms with Crippen LogP contribution in [0.2, 0.25) is 0 Å². The van der Waals surface area contributed by atoms with E-state index < -0.39 is 0 Å². The van der Waals surface area contributed by atoms with Crippen LogP contribution in [-0.2, 0) is 0 Å². The van der Waals surface area contributed by atoms with Gasteiger partial charge in [-0.15, -0.1) is 12.4 Å². The molecule has 1 aliphatic carbocycles. The Morgan fingerprint density at radius 3 is 2.50 bits per heavy atom. The van der Waals surface area contributed by atoms with Crippen molar-refractivity contribution in [2.75, 3.05) is 5.73 Å². The maximum absolute atomic E-state index is 13.4. The molecule has 2 nitrogen and oxygen atoms in total. The molecule has 0 saturated heterocycles. The third-order valence-corrected chi connectivity index (χ3v) is 2.80. The Hall–Kier alpha value is -0.960. The smallest absolute Gasteiger partial charge is 0.167 e. The normalized spacial score (nSPS) is 16.6. The minimum Gasteiger partial charge on any atom is -0.487 e. The Labute approximate surface area is 101 Å². The first-order valence-corrected chi connectivity index (χ1v) is 5.47. The molecule has 1 aromatic rings. The lowest BCUT2D eigenvalue weighted by molar-refractivity contribution is 0.149. The molecule has 0 atom stereocenters. The first-order valence-electron chi connectivity index (χ1n) is 5.47. The Morgan fingerprint density at radius 1 is 1.19 bits per heavy atom. The number of hydrogen-bond donors (Lipinski definition) is 1. The Kier molecular flexibility index (Phi) is 4.87. The van der Waals surface area contributed by atoms with Gasteiger partial charge in [0.1, 0.15) is 0 Å². The third kappa shape index (κ3) is 3.27. The molecule has 1 aromatic carbocycles. The van der Waals surface area contributed by atoms with Crippen molar-refractivity contribution in [3.63, 3.8) is 0 Å². The highest BCUT2D eigenvalue weighted by Crippen LogP contribution is 2.26. The number of benzene rings is 1. The van der Waals surface area contributed by atoms with Crippen LogP contribution in [-0.4, -0.2) is 6.10 Å². The maximum atomic E-state index is 13.4. The molecule has 0 spiro atoms. The molecule has 0 heterocycles. The van der Waals surface area contributed by atoms with E-state index in [4.69, 9.17) is 10.5 Å². The van der Waals surface area contributed by atoms with Crippen LogP contribution in [0.15, 0.2) is 18.2 Å². The first kappa shape index (κ1) is 13.1. The lowest BCUT2D eigenvalue weighted by atomic mass is 9.98. The van der Waals surface area contributed by atoms with Gasteiger partial charge >= 0.3 is 0 Å². The number of anilines is 1. The fourth-order valence-corrected chi connectivity index (χ4v) is 1.98. The molecule has 2 N–H and O–H groups in total. The molecule has 16 heavy (non-hydrogen) atoms. The van der Waals surface area contributed by atoms with Crippen molar-refractivity contribution >= 4 is 18.1 Å². The Morgan fingerprint density at radius 2 is 1.88 bits per heavy atom. The average Bonchev–Trinajstić information content (AvgIpc) is 2.24. The number of ether oxygens (including phenoxy) is 1. The molecule has 0 aromatic heterocycles. The predicted molar refractivity (Wildman–Crippen MR) is 65.6 cm³/mol.